The fourth-order valence-corrected chi connectivity index (χ4v) is 2.23. The van der Waals surface area contributed by atoms with E-state index in [4.69, 9.17) is 11.6 Å². The maximum atomic E-state index is 6.18. The van der Waals surface area contributed by atoms with Gasteiger partial charge in [-0.2, -0.15) is 5.11 Å². The van der Waals surface area contributed by atoms with E-state index in [0.717, 1.165) is 5.69 Å². The summed E-state index contributed by atoms with van der Waals surface area (Å²) < 4.78 is 0. The van der Waals surface area contributed by atoms with Crippen LogP contribution >= 0.6 is 11.6 Å². The average molecular weight is 281 g/mol. The Kier molecular flexibility index (Phi) is 3.75. The van der Waals surface area contributed by atoms with Gasteiger partial charge in [0, 0.05) is 5.92 Å². The van der Waals surface area contributed by atoms with Gasteiger partial charge in [-0.15, -0.1) is 5.11 Å². The van der Waals surface area contributed by atoms with Gasteiger partial charge in [-0.3, -0.25) is 0 Å². The molecule has 0 aromatic heterocycles. The Morgan fingerprint density at radius 1 is 0.850 bits per heavy atom. The monoisotopic (exact) mass is 280 g/mol. The first-order chi connectivity index (χ1) is 9.83. The average Bonchev–Trinajstić information content (AvgIpc) is 3.02. The Balaban J connectivity index is 1.89. The van der Waals surface area contributed by atoms with E-state index in [9.17, 15) is 0 Å². The van der Waals surface area contributed by atoms with Crippen molar-refractivity contribution in [3.05, 3.63) is 83.4 Å². The van der Waals surface area contributed by atoms with Gasteiger partial charge in [0.25, 0.3) is 0 Å². The SMILES string of the molecule is Clc1ccc(C2C=CC=C2)cc1N=Nc1ccccc1. The summed E-state index contributed by atoms with van der Waals surface area (Å²) in [5.74, 6) is 0.304. The molecule has 0 fully saturated rings. The van der Waals surface area contributed by atoms with Crippen LogP contribution in [0.15, 0.2) is 83.1 Å². The van der Waals surface area contributed by atoms with E-state index >= 15 is 0 Å². The highest BCUT2D eigenvalue weighted by Gasteiger charge is 2.09. The quantitative estimate of drug-likeness (QED) is 0.619. The van der Waals surface area contributed by atoms with Crippen LogP contribution in [0.25, 0.3) is 0 Å². The van der Waals surface area contributed by atoms with Crippen LogP contribution in [-0.4, -0.2) is 0 Å². The van der Waals surface area contributed by atoms with Gasteiger partial charge in [0.2, 0.25) is 0 Å². The highest BCUT2D eigenvalue weighted by atomic mass is 35.5. The molecule has 2 nitrogen and oxygen atoms in total. The van der Waals surface area contributed by atoms with Crippen molar-refractivity contribution in [2.75, 3.05) is 0 Å². The molecule has 0 unspecified atom stereocenters. The molecule has 0 atom stereocenters. The normalized spacial score (nSPS) is 14.4. The van der Waals surface area contributed by atoms with E-state index in [2.05, 4.69) is 22.4 Å². The first kappa shape index (κ1) is 12.8. The van der Waals surface area contributed by atoms with Crippen LogP contribution in [-0.2, 0) is 0 Å². The van der Waals surface area contributed by atoms with Crippen molar-refractivity contribution in [2.24, 2.45) is 10.2 Å². The van der Waals surface area contributed by atoms with Gasteiger partial charge in [-0.05, 0) is 29.8 Å². The molecule has 0 aliphatic heterocycles. The van der Waals surface area contributed by atoms with E-state index in [1.54, 1.807) is 0 Å². The highest BCUT2D eigenvalue weighted by Crippen LogP contribution is 2.32. The molecule has 3 rings (SSSR count). The fraction of sp³-hybridized carbons (Fsp3) is 0.0588. The molecule has 0 saturated carbocycles. The van der Waals surface area contributed by atoms with Gasteiger partial charge in [-0.25, -0.2) is 0 Å². The predicted octanol–water partition coefficient (Wildman–Crippen LogP) is 5.97. The number of hydrogen-bond acceptors (Lipinski definition) is 2. The van der Waals surface area contributed by atoms with Crippen molar-refractivity contribution in [2.45, 2.75) is 5.92 Å². The van der Waals surface area contributed by atoms with Crippen molar-refractivity contribution in [3.8, 4) is 0 Å². The molecule has 3 heteroatoms. The number of nitrogens with zero attached hydrogens (tertiary/aromatic N) is 2. The predicted molar refractivity (Wildman–Crippen MR) is 83.1 cm³/mol. The fourth-order valence-electron chi connectivity index (χ4n) is 2.07. The molecular weight excluding hydrogens is 268 g/mol. The Hall–Kier alpha value is -2.19. The van der Waals surface area contributed by atoms with Gasteiger partial charge in [0.05, 0.1) is 10.7 Å². The first-order valence-electron chi connectivity index (χ1n) is 6.44. The summed E-state index contributed by atoms with van der Waals surface area (Å²) in [6.07, 6.45) is 8.37. The Morgan fingerprint density at radius 2 is 1.60 bits per heavy atom. The molecule has 0 N–H and O–H groups in total. The second kappa shape index (κ2) is 5.85. The van der Waals surface area contributed by atoms with E-state index in [0.29, 0.717) is 16.6 Å². The summed E-state index contributed by atoms with van der Waals surface area (Å²) in [4.78, 5) is 0. The molecule has 0 bridgehead atoms. The summed E-state index contributed by atoms with van der Waals surface area (Å²) in [6.45, 7) is 0. The van der Waals surface area contributed by atoms with Gasteiger partial charge in [0.15, 0.2) is 0 Å². The molecule has 1 aliphatic carbocycles. The maximum Gasteiger partial charge on any atom is 0.105 e. The largest absolute Gasteiger partial charge is 0.151 e. The third-order valence-corrected chi connectivity index (χ3v) is 3.45. The molecule has 0 amide bonds. The molecule has 0 radical (unpaired) electrons. The lowest BCUT2D eigenvalue weighted by Crippen LogP contribution is -1.88. The Morgan fingerprint density at radius 3 is 2.35 bits per heavy atom. The topological polar surface area (TPSA) is 24.7 Å². The minimum absolute atomic E-state index is 0.304. The number of rotatable bonds is 3. The van der Waals surface area contributed by atoms with Gasteiger partial charge in [-0.1, -0.05) is 60.2 Å². The summed E-state index contributed by atoms with van der Waals surface area (Å²) in [6, 6.07) is 15.5. The van der Waals surface area contributed by atoms with Crippen molar-refractivity contribution in [1.29, 1.82) is 0 Å². The standard InChI is InChI=1S/C17H13ClN2/c18-16-11-10-14(13-6-4-5-7-13)12-17(16)20-19-15-8-2-1-3-9-15/h1-13H. The van der Waals surface area contributed by atoms with Gasteiger partial charge >= 0.3 is 0 Å². The summed E-state index contributed by atoms with van der Waals surface area (Å²) >= 11 is 6.18. The van der Waals surface area contributed by atoms with E-state index in [1.165, 1.54) is 5.56 Å². The molecule has 2 aromatic carbocycles. The van der Waals surface area contributed by atoms with Crippen LogP contribution in [0.2, 0.25) is 5.02 Å². The lowest BCUT2D eigenvalue weighted by molar-refractivity contribution is 1.10. The van der Waals surface area contributed by atoms with Crippen LogP contribution in [0.3, 0.4) is 0 Å². The van der Waals surface area contributed by atoms with Crippen molar-refractivity contribution >= 4 is 23.0 Å². The molecule has 0 spiro atoms. The van der Waals surface area contributed by atoms with Crippen LogP contribution in [0, 0.1) is 0 Å². The molecule has 2 aromatic rings. The lowest BCUT2D eigenvalue weighted by atomic mass is 10.0. The smallest absolute Gasteiger partial charge is 0.105 e. The minimum atomic E-state index is 0.304. The van der Waals surface area contributed by atoms with Crippen LogP contribution in [0.4, 0.5) is 11.4 Å². The maximum absolute atomic E-state index is 6.18. The zero-order valence-corrected chi connectivity index (χ0v) is 11.5. The molecule has 1 aliphatic rings. The number of allylic oxidation sites excluding steroid dienone is 4. The lowest BCUT2D eigenvalue weighted by Gasteiger charge is -2.07. The van der Waals surface area contributed by atoms with Crippen LogP contribution < -0.4 is 0 Å². The van der Waals surface area contributed by atoms with Crippen molar-refractivity contribution in [1.82, 2.24) is 0 Å². The molecule has 0 saturated heterocycles. The van der Waals surface area contributed by atoms with E-state index < -0.39 is 0 Å². The van der Waals surface area contributed by atoms with Crippen molar-refractivity contribution < 1.29 is 0 Å². The van der Waals surface area contributed by atoms with E-state index in [1.807, 2.05) is 60.7 Å². The zero-order valence-electron chi connectivity index (χ0n) is 10.8. The van der Waals surface area contributed by atoms with Gasteiger partial charge < -0.3 is 0 Å². The van der Waals surface area contributed by atoms with Crippen LogP contribution in [0.1, 0.15) is 11.5 Å². The second-order valence-corrected chi connectivity index (χ2v) is 4.95. The number of halogens is 1. The van der Waals surface area contributed by atoms with E-state index in [-0.39, 0.29) is 0 Å². The summed E-state index contributed by atoms with van der Waals surface area (Å²) in [7, 11) is 0. The third kappa shape index (κ3) is 2.86. The first-order valence-corrected chi connectivity index (χ1v) is 6.82. The zero-order chi connectivity index (χ0) is 13.8. The molecule has 0 heterocycles. The van der Waals surface area contributed by atoms with Gasteiger partial charge in [0.1, 0.15) is 5.69 Å². The Bertz CT molecular complexity index is 675. The number of hydrogen-bond donors (Lipinski definition) is 0. The third-order valence-electron chi connectivity index (χ3n) is 3.13. The summed E-state index contributed by atoms with van der Waals surface area (Å²) in [5, 5.41) is 9.07. The number of azo groups is 1. The van der Waals surface area contributed by atoms with Crippen LogP contribution in [0.5, 0.6) is 0 Å². The highest BCUT2D eigenvalue weighted by molar-refractivity contribution is 6.33. The number of benzene rings is 2. The minimum Gasteiger partial charge on any atom is -0.151 e. The molecule has 20 heavy (non-hydrogen) atoms. The Labute approximate surface area is 123 Å². The second-order valence-electron chi connectivity index (χ2n) is 4.54. The molecule has 98 valence electrons. The van der Waals surface area contributed by atoms with Crippen molar-refractivity contribution in [3.63, 3.8) is 0 Å². The summed E-state index contributed by atoms with van der Waals surface area (Å²) in [5.41, 5.74) is 2.68. The molecular formula is C17H13ClN2.